The van der Waals surface area contributed by atoms with Gasteiger partial charge in [-0.15, -0.1) is 0 Å². The Kier molecular flexibility index (Phi) is 4.10. The highest BCUT2D eigenvalue weighted by atomic mass is 16.3. The van der Waals surface area contributed by atoms with E-state index in [1.54, 1.807) is 12.4 Å². The molecule has 0 saturated heterocycles. The highest BCUT2D eigenvalue weighted by Gasteiger charge is 2.12. The number of hydrogen-bond donors (Lipinski definition) is 1. The maximum Gasteiger partial charge on any atom is 0.111 e. The lowest BCUT2D eigenvalue weighted by Crippen LogP contribution is -2.09. The van der Waals surface area contributed by atoms with Gasteiger partial charge in [0.15, 0.2) is 0 Å². The van der Waals surface area contributed by atoms with E-state index in [2.05, 4.69) is 21.5 Å². The molecule has 0 aliphatic heterocycles. The van der Waals surface area contributed by atoms with Gasteiger partial charge >= 0.3 is 0 Å². The number of pyridine rings is 1. The standard InChI is InChI=1S/C14H19N3O/c1-3-7-17-8-6-16-14(17)10-13(18)12-4-5-15-11(2)9-12/h4-6,8-9,13,18H,3,7,10H2,1-2H3. The van der Waals surface area contributed by atoms with Crippen LogP contribution in [0.25, 0.3) is 0 Å². The Labute approximate surface area is 107 Å². The van der Waals surface area contributed by atoms with Crippen LogP contribution in [0.1, 0.15) is 36.5 Å². The smallest absolute Gasteiger partial charge is 0.111 e. The van der Waals surface area contributed by atoms with Crippen LogP contribution in [0.2, 0.25) is 0 Å². The predicted molar refractivity (Wildman–Crippen MR) is 70.2 cm³/mol. The van der Waals surface area contributed by atoms with Crippen LogP contribution in [-0.2, 0) is 13.0 Å². The minimum Gasteiger partial charge on any atom is -0.388 e. The van der Waals surface area contributed by atoms with Crippen LogP contribution >= 0.6 is 0 Å². The molecule has 0 radical (unpaired) electrons. The van der Waals surface area contributed by atoms with Crippen molar-refractivity contribution in [3.63, 3.8) is 0 Å². The summed E-state index contributed by atoms with van der Waals surface area (Å²) in [6, 6.07) is 3.77. The second kappa shape index (κ2) is 5.78. The van der Waals surface area contributed by atoms with Gasteiger partial charge in [-0.05, 0) is 31.0 Å². The first-order chi connectivity index (χ1) is 8.70. The van der Waals surface area contributed by atoms with Crippen molar-refractivity contribution < 1.29 is 5.11 Å². The van der Waals surface area contributed by atoms with E-state index < -0.39 is 6.10 Å². The number of rotatable bonds is 5. The monoisotopic (exact) mass is 245 g/mol. The molecular weight excluding hydrogens is 226 g/mol. The summed E-state index contributed by atoms with van der Waals surface area (Å²) in [5.41, 5.74) is 1.82. The van der Waals surface area contributed by atoms with E-state index in [0.717, 1.165) is 30.0 Å². The van der Waals surface area contributed by atoms with Gasteiger partial charge in [-0.1, -0.05) is 6.92 Å². The van der Waals surface area contributed by atoms with Gasteiger partial charge in [0.1, 0.15) is 5.82 Å². The van der Waals surface area contributed by atoms with Gasteiger partial charge in [0.25, 0.3) is 0 Å². The molecule has 1 N–H and O–H groups in total. The molecule has 0 fully saturated rings. The lowest BCUT2D eigenvalue weighted by atomic mass is 10.1. The number of hydrogen-bond acceptors (Lipinski definition) is 3. The number of nitrogens with zero attached hydrogens (tertiary/aromatic N) is 3. The maximum atomic E-state index is 10.2. The number of imidazole rings is 1. The molecule has 2 heterocycles. The van der Waals surface area contributed by atoms with Gasteiger partial charge in [0, 0.05) is 37.3 Å². The molecular formula is C14H19N3O. The van der Waals surface area contributed by atoms with Crippen molar-refractivity contribution in [2.75, 3.05) is 0 Å². The Morgan fingerprint density at radius 3 is 2.89 bits per heavy atom. The molecule has 1 atom stereocenters. The van der Waals surface area contributed by atoms with E-state index in [0.29, 0.717) is 6.42 Å². The summed E-state index contributed by atoms with van der Waals surface area (Å²) < 4.78 is 2.09. The minimum atomic E-state index is -0.523. The fraction of sp³-hybridized carbons (Fsp3) is 0.429. The van der Waals surface area contributed by atoms with Gasteiger partial charge in [0.05, 0.1) is 6.10 Å². The first-order valence-corrected chi connectivity index (χ1v) is 6.31. The van der Waals surface area contributed by atoms with Crippen LogP contribution < -0.4 is 0 Å². The Morgan fingerprint density at radius 1 is 1.33 bits per heavy atom. The van der Waals surface area contributed by atoms with Crippen molar-refractivity contribution in [1.29, 1.82) is 0 Å². The van der Waals surface area contributed by atoms with Crippen LogP contribution in [0.5, 0.6) is 0 Å². The Hall–Kier alpha value is -1.68. The van der Waals surface area contributed by atoms with Crippen LogP contribution in [0.15, 0.2) is 30.7 Å². The zero-order valence-electron chi connectivity index (χ0n) is 10.9. The quantitative estimate of drug-likeness (QED) is 0.879. The molecule has 0 amide bonds. The maximum absolute atomic E-state index is 10.2. The second-order valence-electron chi connectivity index (χ2n) is 4.49. The first-order valence-electron chi connectivity index (χ1n) is 6.31. The first kappa shape index (κ1) is 12.8. The number of aryl methyl sites for hydroxylation is 2. The molecule has 1 unspecified atom stereocenters. The highest BCUT2D eigenvalue weighted by Crippen LogP contribution is 2.17. The van der Waals surface area contributed by atoms with Crippen LogP contribution in [0.4, 0.5) is 0 Å². The molecule has 4 nitrogen and oxygen atoms in total. The zero-order chi connectivity index (χ0) is 13.0. The Balaban J connectivity index is 2.11. The van der Waals surface area contributed by atoms with Gasteiger partial charge in [0.2, 0.25) is 0 Å². The topological polar surface area (TPSA) is 50.9 Å². The van der Waals surface area contributed by atoms with Gasteiger partial charge < -0.3 is 9.67 Å². The van der Waals surface area contributed by atoms with E-state index in [9.17, 15) is 5.11 Å². The van der Waals surface area contributed by atoms with E-state index in [-0.39, 0.29) is 0 Å². The normalized spacial score (nSPS) is 12.6. The van der Waals surface area contributed by atoms with Crippen molar-refractivity contribution >= 4 is 0 Å². The van der Waals surface area contributed by atoms with Gasteiger partial charge in [-0.2, -0.15) is 0 Å². The van der Waals surface area contributed by atoms with Gasteiger partial charge in [-0.25, -0.2) is 4.98 Å². The molecule has 0 aliphatic rings. The highest BCUT2D eigenvalue weighted by molar-refractivity contribution is 5.19. The average Bonchev–Trinajstić information content (AvgIpc) is 2.77. The van der Waals surface area contributed by atoms with Crippen LogP contribution in [0, 0.1) is 6.92 Å². The van der Waals surface area contributed by atoms with E-state index in [1.165, 1.54) is 0 Å². The zero-order valence-corrected chi connectivity index (χ0v) is 10.9. The molecule has 2 rings (SSSR count). The molecule has 0 aromatic carbocycles. The summed E-state index contributed by atoms with van der Waals surface area (Å²) in [4.78, 5) is 8.44. The van der Waals surface area contributed by atoms with Crippen molar-refractivity contribution in [2.24, 2.45) is 0 Å². The lowest BCUT2D eigenvalue weighted by Gasteiger charge is -2.12. The number of aromatic nitrogens is 3. The summed E-state index contributed by atoms with van der Waals surface area (Å²) in [6.07, 6.45) is 6.56. The summed E-state index contributed by atoms with van der Waals surface area (Å²) in [7, 11) is 0. The molecule has 0 aliphatic carbocycles. The second-order valence-corrected chi connectivity index (χ2v) is 4.49. The van der Waals surface area contributed by atoms with E-state index >= 15 is 0 Å². The average molecular weight is 245 g/mol. The fourth-order valence-electron chi connectivity index (χ4n) is 2.04. The SMILES string of the molecule is CCCn1ccnc1CC(O)c1ccnc(C)c1. The van der Waals surface area contributed by atoms with Crippen molar-refractivity contribution in [3.8, 4) is 0 Å². The minimum absolute atomic E-state index is 0.523. The predicted octanol–water partition coefficient (Wildman–Crippen LogP) is 2.27. The molecule has 0 bridgehead atoms. The number of aliphatic hydroxyl groups is 1. The fourth-order valence-corrected chi connectivity index (χ4v) is 2.04. The molecule has 96 valence electrons. The third-order valence-electron chi connectivity index (χ3n) is 2.95. The number of aliphatic hydroxyl groups excluding tert-OH is 1. The largest absolute Gasteiger partial charge is 0.388 e. The van der Waals surface area contributed by atoms with Crippen molar-refractivity contribution in [1.82, 2.24) is 14.5 Å². The molecule has 2 aromatic heterocycles. The summed E-state index contributed by atoms with van der Waals surface area (Å²) in [6.45, 7) is 5.00. The van der Waals surface area contributed by atoms with E-state index in [4.69, 9.17) is 0 Å². The van der Waals surface area contributed by atoms with E-state index in [1.807, 2.05) is 25.3 Å². The summed E-state index contributed by atoms with van der Waals surface area (Å²) in [5, 5.41) is 10.2. The third kappa shape index (κ3) is 2.96. The van der Waals surface area contributed by atoms with Crippen molar-refractivity contribution in [3.05, 3.63) is 47.8 Å². The molecule has 2 aromatic rings. The molecule has 18 heavy (non-hydrogen) atoms. The third-order valence-corrected chi connectivity index (χ3v) is 2.95. The van der Waals surface area contributed by atoms with Crippen LogP contribution in [-0.4, -0.2) is 19.6 Å². The molecule has 0 spiro atoms. The molecule has 4 heteroatoms. The molecule has 0 saturated carbocycles. The van der Waals surface area contributed by atoms with Crippen molar-refractivity contribution in [2.45, 2.75) is 39.3 Å². The van der Waals surface area contributed by atoms with Crippen LogP contribution in [0.3, 0.4) is 0 Å². The summed E-state index contributed by atoms with van der Waals surface area (Å²) in [5.74, 6) is 0.929. The Bertz CT molecular complexity index is 507. The Morgan fingerprint density at radius 2 is 2.17 bits per heavy atom. The van der Waals surface area contributed by atoms with Gasteiger partial charge in [-0.3, -0.25) is 4.98 Å². The lowest BCUT2D eigenvalue weighted by molar-refractivity contribution is 0.174. The summed E-state index contributed by atoms with van der Waals surface area (Å²) >= 11 is 0.